The highest BCUT2D eigenvalue weighted by atomic mass is 16.5. The highest BCUT2D eigenvalue weighted by Crippen LogP contribution is 2.20. The minimum Gasteiger partial charge on any atom is -0.373 e. The average Bonchev–Trinajstić information content (AvgIpc) is 2.89. The molecule has 2 N–H and O–H groups in total. The molecule has 3 unspecified atom stereocenters. The van der Waals surface area contributed by atoms with E-state index in [2.05, 4.69) is 29.6 Å². The van der Waals surface area contributed by atoms with Gasteiger partial charge in [0.15, 0.2) is 0 Å². The van der Waals surface area contributed by atoms with Crippen LogP contribution < -0.4 is 5.73 Å². The van der Waals surface area contributed by atoms with E-state index in [4.69, 9.17) is 10.5 Å². The molecule has 0 spiro atoms. The first-order valence-corrected chi connectivity index (χ1v) is 6.59. The number of nitrogens with two attached hydrogens (primary N) is 1. The first-order chi connectivity index (χ1) is 8.17. The largest absolute Gasteiger partial charge is 0.373 e. The zero-order valence-electron chi connectivity index (χ0n) is 10.8. The monoisotopic (exact) mass is 237 g/mol. The van der Waals surface area contributed by atoms with Gasteiger partial charge in [0, 0.05) is 25.2 Å². The second-order valence-electron chi connectivity index (χ2n) is 5.08. The van der Waals surface area contributed by atoms with Crippen molar-refractivity contribution < 1.29 is 4.74 Å². The van der Waals surface area contributed by atoms with Gasteiger partial charge in [-0.15, -0.1) is 0 Å². The first-order valence-electron chi connectivity index (χ1n) is 6.59. The van der Waals surface area contributed by atoms with Gasteiger partial charge >= 0.3 is 0 Å². The van der Waals surface area contributed by atoms with Crippen molar-refractivity contribution in [3.63, 3.8) is 0 Å². The smallest absolute Gasteiger partial charge is 0.0950 e. The van der Waals surface area contributed by atoms with Crippen LogP contribution in [0.1, 0.15) is 38.8 Å². The highest BCUT2D eigenvalue weighted by molar-refractivity contribution is 4.99. The number of ether oxygens (including phenoxy) is 1. The van der Waals surface area contributed by atoms with Crippen LogP contribution in [0.4, 0.5) is 0 Å². The third-order valence-corrected chi connectivity index (χ3v) is 3.42. The molecule has 3 atom stereocenters. The quantitative estimate of drug-likeness (QED) is 0.848. The maximum atomic E-state index is 5.92. The lowest BCUT2D eigenvalue weighted by molar-refractivity contribution is 0.0458. The zero-order chi connectivity index (χ0) is 12.3. The van der Waals surface area contributed by atoms with Crippen molar-refractivity contribution in [3.05, 3.63) is 18.2 Å². The zero-order valence-corrected chi connectivity index (χ0v) is 10.8. The molecule has 1 aliphatic heterocycles. The van der Waals surface area contributed by atoms with Crippen LogP contribution >= 0.6 is 0 Å². The Bertz CT molecular complexity index is 350. The molecule has 1 saturated heterocycles. The van der Waals surface area contributed by atoms with E-state index in [1.165, 1.54) is 6.42 Å². The molecule has 1 aliphatic rings. The molecule has 0 saturated carbocycles. The molecule has 2 heterocycles. The van der Waals surface area contributed by atoms with Crippen molar-refractivity contribution >= 4 is 0 Å². The number of aromatic nitrogens is 2. The van der Waals surface area contributed by atoms with Crippen molar-refractivity contribution in [2.45, 2.75) is 64.3 Å². The third kappa shape index (κ3) is 3.54. The van der Waals surface area contributed by atoms with Crippen molar-refractivity contribution in [2.24, 2.45) is 5.73 Å². The standard InChI is InChI=1S/C13H23N3O/c1-3-11(14)6-12-7-16(9-15-12)8-13-5-4-10(2)17-13/h7,9-11,13H,3-6,8,14H2,1-2H3. The van der Waals surface area contributed by atoms with Crippen LogP contribution in [-0.4, -0.2) is 27.8 Å². The summed E-state index contributed by atoms with van der Waals surface area (Å²) in [5, 5.41) is 0. The van der Waals surface area contributed by atoms with Crippen LogP contribution in [-0.2, 0) is 17.7 Å². The molecule has 0 amide bonds. The van der Waals surface area contributed by atoms with Gasteiger partial charge in [0.1, 0.15) is 0 Å². The van der Waals surface area contributed by atoms with E-state index in [9.17, 15) is 0 Å². The van der Waals surface area contributed by atoms with Gasteiger partial charge in [-0.05, 0) is 26.2 Å². The van der Waals surface area contributed by atoms with Gasteiger partial charge in [0.2, 0.25) is 0 Å². The molecular weight excluding hydrogens is 214 g/mol. The van der Waals surface area contributed by atoms with Gasteiger partial charge in [-0.3, -0.25) is 0 Å². The maximum Gasteiger partial charge on any atom is 0.0950 e. The fraction of sp³-hybridized carbons (Fsp3) is 0.769. The van der Waals surface area contributed by atoms with E-state index in [1.54, 1.807) is 0 Å². The summed E-state index contributed by atoms with van der Waals surface area (Å²) in [4.78, 5) is 4.39. The fourth-order valence-electron chi connectivity index (χ4n) is 2.28. The summed E-state index contributed by atoms with van der Waals surface area (Å²) in [6.07, 6.45) is 8.95. The second kappa shape index (κ2) is 5.65. The number of hydrogen-bond acceptors (Lipinski definition) is 3. The van der Waals surface area contributed by atoms with Crippen LogP contribution in [0.5, 0.6) is 0 Å². The molecular formula is C13H23N3O. The molecule has 2 rings (SSSR count). The molecule has 1 fully saturated rings. The topological polar surface area (TPSA) is 53.1 Å². The van der Waals surface area contributed by atoms with Crippen LogP contribution in [0.2, 0.25) is 0 Å². The van der Waals surface area contributed by atoms with Crippen molar-refractivity contribution in [1.82, 2.24) is 9.55 Å². The van der Waals surface area contributed by atoms with Crippen molar-refractivity contribution in [3.8, 4) is 0 Å². The normalized spacial score (nSPS) is 26.3. The molecule has 17 heavy (non-hydrogen) atoms. The molecule has 1 aromatic rings. The van der Waals surface area contributed by atoms with E-state index in [0.29, 0.717) is 12.2 Å². The summed E-state index contributed by atoms with van der Waals surface area (Å²) < 4.78 is 7.93. The van der Waals surface area contributed by atoms with Gasteiger partial charge in [-0.1, -0.05) is 6.92 Å². The number of hydrogen-bond donors (Lipinski definition) is 1. The summed E-state index contributed by atoms with van der Waals surface area (Å²) in [7, 11) is 0. The lowest BCUT2D eigenvalue weighted by Gasteiger charge is -2.11. The van der Waals surface area contributed by atoms with Crippen LogP contribution in [0, 0.1) is 0 Å². The molecule has 96 valence electrons. The molecule has 0 bridgehead atoms. The Hall–Kier alpha value is -0.870. The lowest BCUT2D eigenvalue weighted by Crippen LogP contribution is -2.21. The highest BCUT2D eigenvalue weighted by Gasteiger charge is 2.21. The lowest BCUT2D eigenvalue weighted by atomic mass is 10.1. The third-order valence-electron chi connectivity index (χ3n) is 3.42. The van der Waals surface area contributed by atoms with Gasteiger partial charge < -0.3 is 15.0 Å². The Labute approximate surface area is 103 Å². The van der Waals surface area contributed by atoms with E-state index in [-0.39, 0.29) is 6.04 Å². The van der Waals surface area contributed by atoms with Gasteiger partial charge in [0.05, 0.1) is 24.2 Å². The SMILES string of the molecule is CCC(N)Cc1cn(CC2CCC(C)O2)cn1. The Balaban J connectivity index is 1.85. The Morgan fingerprint density at radius 3 is 3.06 bits per heavy atom. The van der Waals surface area contributed by atoms with E-state index in [0.717, 1.165) is 31.5 Å². The predicted molar refractivity (Wildman–Crippen MR) is 67.8 cm³/mol. The molecule has 4 heteroatoms. The predicted octanol–water partition coefficient (Wildman–Crippen LogP) is 1.73. The number of imidazole rings is 1. The van der Waals surface area contributed by atoms with E-state index < -0.39 is 0 Å². The Kier molecular flexibility index (Phi) is 4.18. The van der Waals surface area contributed by atoms with Crippen LogP contribution in [0.25, 0.3) is 0 Å². The van der Waals surface area contributed by atoms with Crippen LogP contribution in [0.3, 0.4) is 0 Å². The molecule has 0 radical (unpaired) electrons. The first kappa shape index (κ1) is 12.6. The molecule has 0 aliphatic carbocycles. The summed E-state index contributed by atoms with van der Waals surface area (Å²) in [6.45, 7) is 5.16. The minimum atomic E-state index is 0.223. The summed E-state index contributed by atoms with van der Waals surface area (Å²) in [5.41, 5.74) is 7.01. The van der Waals surface area contributed by atoms with Gasteiger partial charge in [-0.25, -0.2) is 4.98 Å². The molecule has 0 aromatic carbocycles. The summed E-state index contributed by atoms with van der Waals surface area (Å²) in [5.74, 6) is 0. The summed E-state index contributed by atoms with van der Waals surface area (Å²) in [6, 6.07) is 0.223. The number of nitrogens with zero attached hydrogens (tertiary/aromatic N) is 2. The molecule has 1 aromatic heterocycles. The van der Waals surface area contributed by atoms with E-state index in [1.807, 2.05) is 6.33 Å². The Morgan fingerprint density at radius 1 is 1.59 bits per heavy atom. The summed E-state index contributed by atoms with van der Waals surface area (Å²) >= 11 is 0. The maximum absolute atomic E-state index is 5.92. The fourth-order valence-corrected chi connectivity index (χ4v) is 2.28. The van der Waals surface area contributed by atoms with Gasteiger partial charge in [-0.2, -0.15) is 0 Å². The molecule has 4 nitrogen and oxygen atoms in total. The second-order valence-corrected chi connectivity index (χ2v) is 5.08. The Morgan fingerprint density at radius 2 is 2.41 bits per heavy atom. The van der Waals surface area contributed by atoms with Crippen molar-refractivity contribution in [1.29, 1.82) is 0 Å². The van der Waals surface area contributed by atoms with Crippen molar-refractivity contribution in [2.75, 3.05) is 0 Å². The van der Waals surface area contributed by atoms with Crippen LogP contribution in [0.15, 0.2) is 12.5 Å². The van der Waals surface area contributed by atoms with E-state index >= 15 is 0 Å². The van der Waals surface area contributed by atoms with Gasteiger partial charge in [0.25, 0.3) is 0 Å². The average molecular weight is 237 g/mol. The minimum absolute atomic E-state index is 0.223. The number of rotatable bonds is 5.